The van der Waals surface area contributed by atoms with E-state index in [9.17, 15) is 4.79 Å². The summed E-state index contributed by atoms with van der Waals surface area (Å²) in [5.74, 6) is 2.89. The zero-order chi connectivity index (χ0) is 23.2. The highest BCUT2D eigenvalue weighted by Crippen LogP contribution is 2.34. The van der Waals surface area contributed by atoms with Gasteiger partial charge in [0.05, 0.1) is 26.9 Å². The molecular weight excluding hydrogens is 420 g/mol. The van der Waals surface area contributed by atoms with Crippen LogP contribution in [0.3, 0.4) is 0 Å². The molecule has 0 fully saturated rings. The van der Waals surface area contributed by atoms with Gasteiger partial charge in [0.15, 0.2) is 11.5 Å². The second kappa shape index (κ2) is 10.3. The quantitative estimate of drug-likeness (QED) is 0.439. The molecule has 6 nitrogen and oxygen atoms in total. The lowest BCUT2D eigenvalue weighted by Crippen LogP contribution is -2.03. The lowest BCUT2D eigenvalue weighted by molar-refractivity contribution is 0.0600. The number of esters is 1. The summed E-state index contributed by atoms with van der Waals surface area (Å²) in [4.78, 5) is 11.6. The van der Waals surface area contributed by atoms with Crippen molar-refractivity contribution in [1.82, 2.24) is 0 Å². The first-order valence-corrected chi connectivity index (χ1v) is 10.9. The number of fused-ring (bicyclic) bond motifs is 1. The van der Waals surface area contributed by atoms with Crippen molar-refractivity contribution in [3.05, 3.63) is 82.4 Å². The maximum atomic E-state index is 11.6. The summed E-state index contributed by atoms with van der Waals surface area (Å²) in [6.45, 7) is 0.278. The Morgan fingerprint density at radius 2 is 1.33 bits per heavy atom. The molecule has 0 spiro atoms. The summed E-state index contributed by atoms with van der Waals surface area (Å²) in [5, 5.41) is 0. The second-order valence-electron chi connectivity index (χ2n) is 7.85. The van der Waals surface area contributed by atoms with Crippen molar-refractivity contribution in [3.8, 4) is 23.0 Å². The fourth-order valence-electron chi connectivity index (χ4n) is 4.01. The van der Waals surface area contributed by atoms with Crippen LogP contribution in [0.1, 0.15) is 32.6 Å². The van der Waals surface area contributed by atoms with E-state index in [2.05, 4.69) is 12.1 Å². The van der Waals surface area contributed by atoms with Crippen LogP contribution < -0.4 is 18.9 Å². The first-order chi connectivity index (χ1) is 16.1. The monoisotopic (exact) mass is 448 g/mol. The van der Waals surface area contributed by atoms with Crippen LogP contribution in [0.25, 0.3) is 0 Å². The highest BCUT2D eigenvalue weighted by atomic mass is 16.7. The maximum absolute atomic E-state index is 11.6. The molecule has 3 aromatic rings. The maximum Gasteiger partial charge on any atom is 0.337 e. The van der Waals surface area contributed by atoms with Crippen molar-refractivity contribution in [1.29, 1.82) is 0 Å². The van der Waals surface area contributed by atoms with Gasteiger partial charge in [-0.05, 0) is 78.3 Å². The van der Waals surface area contributed by atoms with E-state index in [1.807, 2.05) is 30.3 Å². The molecule has 0 unspecified atom stereocenters. The molecule has 4 rings (SSSR count). The van der Waals surface area contributed by atoms with E-state index in [-0.39, 0.29) is 12.8 Å². The summed E-state index contributed by atoms with van der Waals surface area (Å²) in [6.07, 6.45) is 3.31. The van der Waals surface area contributed by atoms with Crippen LogP contribution in [0.5, 0.6) is 23.0 Å². The van der Waals surface area contributed by atoms with Crippen LogP contribution >= 0.6 is 0 Å². The minimum atomic E-state index is -0.328. The smallest absolute Gasteiger partial charge is 0.337 e. The SMILES string of the molecule is COC(=O)c1ccc(CCc2cc(CCc3ccc4c(c3)OCO4)c(OC)cc2OC)cc1. The third-order valence-corrected chi connectivity index (χ3v) is 5.86. The Hall–Kier alpha value is -3.67. The largest absolute Gasteiger partial charge is 0.496 e. The lowest BCUT2D eigenvalue weighted by atomic mass is 9.97. The van der Waals surface area contributed by atoms with E-state index in [0.29, 0.717) is 5.56 Å². The molecule has 0 radical (unpaired) electrons. The van der Waals surface area contributed by atoms with Gasteiger partial charge in [-0.3, -0.25) is 0 Å². The number of hydrogen-bond acceptors (Lipinski definition) is 6. The zero-order valence-corrected chi connectivity index (χ0v) is 19.2. The Morgan fingerprint density at radius 1 is 0.727 bits per heavy atom. The molecule has 1 heterocycles. The molecule has 33 heavy (non-hydrogen) atoms. The molecule has 0 saturated carbocycles. The molecule has 1 aliphatic heterocycles. The predicted molar refractivity (Wildman–Crippen MR) is 125 cm³/mol. The van der Waals surface area contributed by atoms with Gasteiger partial charge < -0.3 is 23.7 Å². The Bertz CT molecular complexity index is 1120. The highest BCUT2D eigenvalue weighted by Gasteiger charge is 2.15. The lowest BCUT2D eigenvalue weighted by Gasteiger charge is -2.15. The Balaban J connectivity index is 1.48. The molecule has 0 saturated heterocycles. The average Bonchev–Trinajstić information content (AvgIpc) is 3.33. The van der Waals surface area contributed by atoms with Crippen molar-refractivity contribution in [3.63, 3.8) is 0 Å². The van der Waals surface area contributed by atoms with Gasteiger partial charge in [0.2, 0.25) is 6.79 Å². The van der Waals surface area contributed by atoms with Crippen LogP contribution in [0.2, 0.25) is 0 Å². The van der Waals surface area contributed by atoms with E-state index < -0.39 is 0 Å². The average molecular weight is 449 g/mol. The van der Waals surface area contributed by atoms with E-state index in [4.69, 9.17) is 23.7 Å². The number of benzene rings is 3. The van der Waals surface area contributed by atoms with Gasteiger partial charge in [-0.25, -0.2) is 4.79 Å². The molecule has 0 bridgehead atoms. The number of carbonyl (C=O) groups excluding carboxylic acids is 1. The van der Waals surface area contributed by atoms with Gasteiger partial charge in [-0.2, -0.15) is 0 Å². The molecular formula is C27H28O6. The molecule has 6 heteroatoms. The van der Waals surface area contributed by atoms with E-state index in [0.717, 1.165) is 65.4 Å². The van der Waals surface area contributed by atoms with Crippen molar-refractivity contribution < 1.29 is 28.5 Å². The van der Waals surface area contributed by atoms with Crippen molar-refractivity contribution in [2.75, 3.05) is 28.1 Å². The molecule has 0 atom stereocenters. The van der Waals surface area contributed by atoms with E-state index >= 15 is 0 Å². The van der Waals surface area contributed by atoms with Gasteiger partial charge in [-0.1, -0.05) is 18.2 Å². The van der Waals surface area contributed by atoms with E-state index in [1.165, 1.54) is 12.7 Å². The summed E-state index contributed by atoms with van der Waals surface area (Å²) >= 11 is 0. The Labute approximate surface area is 194 Å². The van der Waals surface area contributed by atoms with Crippen LogP contribution in [0, 0.1) is 0 Å². The fraction of sp³-hybridized carbons (Fsp3) is 0.296. The zero-order valence-electron chi connectivity index (χ0n) is 19.2. The third-order valence-electron chi connectivity index (χ3n) is 5.86. The minimum absolute atomic E-state index is 0.278. The Morgan fingerprint density at radius 3 is 1.97 bits per heavy atom. The summed E-state index contributed by atoms with van der Waals surface area (Å²) in [7, 11) is 4.74. The molecule has 3 aromatic carbocycles. The first-order valence-electron chi connectivity index (χ1n) is 10.9. The molecule has 0 amide bonds. The van der Waals surface area contributed by atoms with Crippen molar-refractivity contribution in [2.45, 2.75) is 25.7 Å². The van der Waals surface area contributed by atoms with Crippen LogP contribution in [0.15, 0.2) is 54.6 Å². The molecule has 0 aliphatic carbocycles. The molecule has 0 aromatic heterocycles. The normalized spacial score (nSPS) is 11.8. The van der Waals surface area contributed by atoms with Crippen LogP contribution in [-0.2, 0) is 30.4 Å². The van der Waals surface area contributed by atoms with Gasteiger partial charge in [0, 0.05) is 6.07 Å². The standard InChI is InChI=1S/C27H28O6/c1-29-24-16-25(30-2)22(12-7-19-8-13-23-26(14-19)33-17-32-23)15-21(24)11-6-18-4-9-20(10-5-18)27(28)31-3/h4-5,8-10,13-16H,6-7,11-12,17H2,1-3H3. The van der Waals surface area contributed by atoms with Gasteiger partial charge in [-0.15, -0.1) is 0 Å². The molecule has 0 N–H and O–H groups in total. The number of hydrogen-bond donors (Lipinski definition) is 0. The fourth-order valence-corrected chi connectivity index (χ4v) is 4.01. The second-order valence-corrected chi connectivity index (χ2v) is 7.85. The number of ether oxygens (including phenoxy) is 5. The number of methoxy groups -OCH3 is 3. The van der Waals surface area contributed by atoms with Gasteiger partial charge in [0.25, 0.3) is 0 Å². The molecule has 172 valence electrons. The van der Waals surface area contributed by atoms with Gasteiger partial charge >= 0.3 is 5.97 Å². The number of carbonyl (C=O) groups is 1. The first kappa shape index (κ1) is 22.5. The third kappa shape index (κ3) is 5.22. The Kier molecular flexibility index (Phi) is 7.03. The topological polar surface area (TPSA) is 63.2 Å². The predicted octanol–water partition coefficient (Wildman–Crippen LogP) is 4.79. The summed E-state index contributed by atoms with van der Waals surface area (Å²) in [6, 6.07) is 17.7. The molecule has 1 aliphatic rings. The van der Waals surface area contributed by atoms with Gasteiger partial charge in [0.1, 0.15) is 11.5 Å². The highest BCUT2D eigenvalue weighted by molar-refractivity contribution is 5.89. The number of aryl methyl sites for hydroxylation is 4. The van der Waals surface area contributed by atoms with Crippen LogP contribution in [0.4, 0.5) is 0 Å². The summed E-state index contributed by atoms with van der Waals surface area (Å²) < 4.78 is 27.0. The van der Waals surface area contributed by atoms with E-state index in [1.54, 1.807) is 26.4 Å². The summed E-state index contributed by atoms with van der Waals surface area (Å²) in [5.41, 5.74) is 5.13. The van der Waals surface area contributed by atoms with Crippen LogP contribution in [-0.4, -0.2) is 34.1 Å². The van der Waals surface area contributed by atoms with Crippen molar-refractivity contribution in [2.24, 2.45) is 0 Å². The number of rotatable bonds is 9. The minimum Gasteiger partial charge on any atom is -0.496 e. The van der Waals surface area contributed by atoms with Crippen molar-refractivity contribution >= 4 is 5.97 Å².